The zero-order valence-corrected chi connectivity index (χ0v) is 28.6. The number of para-hydroxylation sites is 1. The summed E-state index contributed by atoms with van der Waals surface area (Å²) in [6.45, 7) is 0. The molecular weight excluding hydrogens is 656 g/mol. The number of hydrogen-bond acceptors (Lipinski definition) is 4. The molecule has 4 saturated carbocycles. The molecule has 5 heteroatoms. The van der Waals surface area contributed by atoms with Crippen LogP contribution >= 0.6 is 0 Å². The third-order valence-corrected chi connectivity index (χ3v) is 13.4. The Balaban J connectivity index is 1.24. The first-order valence-corrected chi connectivity index (χ1v) is 18.8. The van der Waals surface area contributed by atoms with E-state index in [2.05, 4.69) is 6.07 Å². The molecule has 6 aromatic carbocycles. The molecule has 3 heterocycles. The van der Waals surface area contributed by atoms with E-state index in [9.17, 15) is 0 Å². The number of halogens is 1. The maximum atomic E-state index is 15.7. The third kappa shape index (κ3) is 3.60. The normalized spacial score (nSPS) is 25.1. The van der Waals surface area contributed by atoms with Gasteiger partial charge in [0.15, 0.2) is 11.4 Å². The maximum absolute atomic E-state index is 15.7. The molecule has 1 spiro atoms. The van der Waals surface area contributed by atoms with Crippen LogP contribution < -0.4 is 0 Å². The lowest BCUT2D eigenvalue weighted by atomic mass is 9.43. The Morgan fingerprint density at radius 3 is 2.28 bits per heavy atom. The molecule has 5 aliphatic carbocycles. The monoisotopic (exact) mass is 692 g/mol. The van der Waals surface area contributed by atoms with Crippen LogP contribution in [0.15, 0.2) is 124 Å². The highest BCUT2D eigenvalue weighted by atomic mass is 19.1. The summed E-state index contributed by atoms with van der Waals surface area (Å²) in [6.07, 6.45) is 5.72. The van der Waals surface area contributed by atoms with Gasteiger partial charge < -0.3 is 8.83 Å². The van der Waals surface area contributed by atoms with E-state index in [4.69, 9.17) is 24.3 Å². The highest BCUT2D eigenvalue weighted by molar-refractivity contribution is 6.22. The molecule has 5 aliphatic rings. The molecule has 0 radical (unpaired) electrons. The van der Waals surface area contributed by atoms with Crippen molar-refractivity contribution in [1.29, 1.82) is 0 Å². The second kappa shape index (κ2) is 9.99. The minimum absolute atomic E-state index is 0.104. The van der Waals surface area contributed by atoms with Crippen molar-refractivity contribution in [3.63, 3.8) is 0 Å². The fraction of sp³-hybridized carbons (Fsp3) is 0.208. The topological polar surface area (TPSA) is 52.1 Å². The van der Waals surface area contributed by atoms with E-state index in [0.29, 0.717) is 79.2 Å². The quantitative estimate of drug-likeness (QED) is 0.181. The summed E-state index contributed by atoms with van der Waals surface area (Å²) in [5.41, 5.74) is 9.08. The molecule has 0 aliphatic heterocycles. The van der Waals surface area contributed by atoms with Crippen LogP contribution in [0.3, 0.4) is 0 Å². The summed E-state index contributed by atoms with van der Waals surface area (Å²) in [5, 5.41) is 3.08. The highest BCUT2D eigenvalue weighted by Crippen LogP contribution is 2.70. The summed E-state index contributed by atoms with van der Waals surface area (Å²) in [4.78, 5) is 10.9. The van der Waals surface area contributed by atoms with Gasteiger partial charge >= 0.3 is 0 Å². The van der Waals surface area contributed by atoms with Crippen LogP contribution in [0, 0.1) is 29.5 Å². The van der Waals surface area contributed by atoms with E-state index in [1.54, 1.807) is 18.2 Å². The standard InChI is InChI=1S/C48H33FN2O2/c49-31-15-17-33-36(23-31)48(29-19-25-18-26(21-29)22-30(48)20-25)37-24-39-41(35-16-14-27-8-4-5-11-32(27)45(35)53-39)42(40(33)37)47-50-43(28-9-2-1-3-10-28)46-44(51-47)34-12-6-7-13-38(34)52-46/h1-17,23-26,29-30H,18-22H2/i4D,5D,8D,11D. The van der Waals surface area contributed by atoms with Crippen molar-refractivity contribution in [2.45, 2.75) is 37.5 Å². The molecule has 0 saturated heterocycles. The number of rotatable bonds is 2. The van der Waals surface area contributed by atoms with Crippen molar-refractivity contribution in [2.24, 2.45) is 23.7 Å². The largest absolute Gasteiger partial charge is 0.455 e. The molecule has 0 unspecified atom stereocenters. The Morgan fingerprint density at radius 2 is 1.43 bits per heavy atom. The number of aromatic nitrogens is 2. The highest BCUT2D eigenvalue weighted by Gasteiger charge is 2.62. The van der Waals surface area contributed by atoms with E-state index in [1.807, 2.05) is 66.7 Å². The lowest BCUT2D eigenvalue weighted by Crippen LogP contribution is -2.55. The molecule has 9 aromatic rings. The minimum Gasteiger partial charge on any atom is -0.455 e. The zero-order valence-electron chi connectivity index (χ0n) is 32.6. The molecular formula is C48H33FN2O2. The second-order valence-corrected chi connectivity index (χ2v) is 15.9. The molecule has 4 bridgehead atoms. The van der Waals surface area contributed by atoms with Gasteiger partial charge in [0.05, 0.1) is 5.48 Å². The van der Waals surface area contributed by atoms with E-state index < -0.39 is 5.41 Å². The van der Waals surface area contributed by atoms with E-state index in [0.717, 1.165) is 69.8 Å². The van der Waals surface area contributed by atoms with Gasteiger partial charge in [0.25, 0.3) is 0 Å². The lowest BCUT2D eigenvalue weighted by molar-refractivity contribution is -0.0400. The van der Waals surface area contributed by atoms with Gasteiger partial charge in [-0.1, -0.05) is 78.8 Å². The molecule has 14 rings (SSSR count). The first-order valence-electron chi connectivity index (χ1n) is 20.8. The molecule has 0 atom stereocenters. The van der Waals surface area contributed by atoms with Gasteiger partial charge in [0.1, 0.15) is 33.8 Å². The smallest absolute Gasteiger partial charge is 0.180 e. The van der Waals surface area contributed by atoms with Crippen molar-refractivity contribution in [3.8, 4) is 33.8 Å². The molecule has 0 amide bonds. The van der Waals surface area contributed by atoms with Gasteiger partial charge in [-0.15, -0.1) is 0 Å². The Kier molecular flexibility index (Phi) is 4.75. The van der Waals surface area contributed by atoms with E-state index >= 15 is 4.39 Å². The fourth-order valence-electron chi connectivity index (χ4n) is 11.8. The molecule has 0 N–H and O–H groups in total. The van der Waals surface area contributed by atoms with E-state index in [-0.39, 0.29) is 30.0 Å². The first kappa shape index (κ1) is 25.2. The number of furan rings is 2. The maximum Gasteiger partial charge on any atom is 0.180 e. The SMILES string of the molecule is [2H]c1c([2H])c([2H])c2c(ccc3c2oc2cc4c(c(-c5nc(-c6ccccc6)c6oc7ccccc7c6n5)c23)-c2ccc(F)cc2C42C3CC4CC(C3)CC2C4)c1[2H]. The van der Waals surface area contributed by atoms with Crippen LogP contribution in [0.2, 0.25) is 0 Å². The van der Waals surface area contributed by atoms with Gasteiger partial charge in [-0.05, 0) is 120 Å². The van der Waals surface area contributed by atoms with Crippen LogP contribution in [0.4, 0.5) is 4.39 Å². The Hall–Kier alpha value is -5.81. The van der Waals surface area contributed by atoms with Crippen molar-refractivity contribution in [2.75, 3.05) is 0 Å². The third-order valence-electron chi connectivity index (χ3n) is 13.4. The number of nitrogens with zero attached hydrogens (tertiary/aromatic N) is 2. The summed E-state index contributed by atoms with van der Waals surface area (Å²) in [5.74, 6) is 2.31. The average molecular weight is 693 g/mol. The molecule has 3 aromatic heterocycles. The van der Waals surface area contributed by atoms with Gasteiger partial charge in [-0.3, -0.25) is 0 Å². The number of benzene rings is 6. The predicted molar refractivity (Wildman–Crippen MR) is 208 cm³/mol. The summed E-state index contributed by atoms with van der Waals surface area (Å²) >= 11 is 0. The van der Waals surface area contributed by atoms with Gasteiger partial charge in [0.2, 0.25) is 0 Å². The van der Waals surface area contributed by atoms with Crippen LogP contribution in [-0.2, 0) is 5.41 Å². The summed E-state index contributed by atoms with van der Waals surface area (Å²) in [7, 11) is 0. The van der Waals surface area contributed by atoms with Crippen LogP contribution in [0.25, 0.3) is 88.6 Å². The minimum atomic E-state index is -0.414. The Bertz CT molecular complexity index is 3250. The number of fused-ring (bicyclic) bond motifs is 11. The van der Waals surface area contributed by atoms with Crippen molar-refractivity contribution < 1.29 is 18.7 Å². The van der Waals surface area contributed by atoms with Gasteiger partial charge in [-0.2, -0.15) is 0 Å². The molecule has 4 nitrogen and oxygen atoms in total. The second-order valence-electron chi connectivity index (χ2n) is 15.9. The average Bonchev–Trinajstić information content (AvgIpc) is 3.88. The fourth-order valence-corrected chi connectivity index (χ4v) is 11.8. The first-order chi connectivity index (χ1) is 27.8. The van der Waals surface area contributed by atoms with Crippen molar-refractivity contribution >= 4 is 54.8 Å². The summed E-state index contributed by atoms with van der Waals surface area (Å²) in [6, 6.07) is 28.3. The van der Waals surface area contributed by atoms with Crippen LogP contribution in [0.5, 0.6) is 0 Å². The summed E-state index contributed by atoms with van der Waals surface area (Å²) < 4.78 is 64.1. The van der Waals surface area contributed by atoms with Crippen molar-refractivity contribution in [1.82, 2.24) is 9.97 Å². The lowest BCUT2D eigenvalue weighted by Gasteiger charge is -2.61. The van der Waals surface area contributed by atoms with Crippen LogP contribution in [0.1, 0.15) is 48.7 Å². The Labute approximate surface area is 309 Å². The Morgan fingerprint density at radius 1 is 0.660 bits per heavy atom. The number of hydrogen-bond donors (Lipinski definition) is 0. The van der Waals surface area contributed by atoms with Crippen molar-refractivity contribution in [3.05, 3.63) is 132 Å². The molecule has 4 fully saturated rings. The van der Waals surface area contributed by atoms with Gasteiger partial charge in [-0.25, -0.2) is 14.4 Å². The molecule has 53 heavy (non-hydrogen) atoms. The van der Waals surface area contributed by atoms with Gasteiger partial charge in [0, 0.05) is 38.1 Å². The zero-order chi connectivity index (χ0) is 38.1. The molecule has 254 valence electrons. The van der Waals surface area contributed by atoms with E-state index in [1.165, 1.54) is 6.42 Å². The van der Waals surface area contributed by atoms with Crippen LogP contribution in [-0.4, -0.2) is 9.97 Å². The predicted octanol–water partition coefficient (Wildman–Crippen LogP) is 12.6.